The molecular formula is C25H24Cl2N2O5. The molecule has 0 amide bonds. The van der Waals surface area contributed by atoms with E-state index in [0.717, 1.165) is 36.3 Å². The Hall–Kier alpha value is -2.58. The molecule has 3 heterocycles. The third-order valence-electron chi connectivity index (χ3n) is 5.86. The Morgan fingerprint density at radius 2 is 1.94 bits per heavy atom. The highest BCUT2D eigenvalue weighted by Crippen LogP contribution is 2.34. The summed E-state index contributed by atoms with van der Waals surface area (Å²) in [4.78, 5) is 16.0. The molecule has 9 heteroatoms. The van der Waals surface area contributed by atoms with E-state index < -0.39 is 0 Å². The molecule has 0 radical (unpaired) electrons. The predicted molar refractivity (Wildman–Crippen MR) is 129 cm³/mol. The second-order valence-electron chi connectivity index (χ2n) is 8.31. The third-order valence-corrected chi connectivity index (χ3v) is 6.68. The molecule has 0 aliphatic carbocycles. The summed E-state index contributed by atoms with van der Waals surface area (Å²) in [6.07, 6.45) is 1.92. The minimum Gasteiger partial charge on any atom is -0.490 e. The van der Waals surface area contributed by atoms with Crippen LogP contribution in [0.1, 0.15) is 18.5 Å². The van der Waals surface area contributed by atoms with E-state index in [1.54, 1.807) is 6.07 Å². The summed E-state index contributed by atoms with van der Waals surface area (Å²) in [5.41, 5.74) is 2.19. The van der Waals surface area contributed by atoms with Crippen LogP contribution in [0.3, 0.4) is 0 Å². The van der Waals surface area contributed by atoms with Crippen LogP contribution >= 0.6 is 23.2 Å². The van der Waals surface area contributed by atoms with Crippen LogP contribution in [0.2, 0.25) is 10.0 Å². The number of benzene rings is 2. The molecule has 34 heavy (non-hydrogen) atoms. The van der Waals surface area contributed by atoms with Crippen molar-refractivity contribution >= 4 is 23.2 Å². The molecule has 0 N–H and O–H groups in total. The summed E-state index contributed by atoms with van der Waals surface area (Å²) in [6.45, 7) is 2.43. The highest BCUT2D eigenvalue weighted by atomic mass is 35.5. The van der Waals surface area contributed by atoms with E-state index in [2.05, 4.69) is 4.98 Å². The Morgan fingerprint density at radius 1 is 1.09 bits per heavy atom. The minimum absolute atomic E-state index is 0.130. The number of nitrogens with zero attached hydrogens (tertiary/aromatic N) is 2. The molecule has 1 fully saturated rings. The minimum atomic E-state index is -0.348. The Morgan fingerprint density at radius 3 is 2.74 bits per heavy atom. The predicted octanol–water partition coefficient (Wildman–Crippen LogP) is 4.75. The van der Waals surface area contributed by atoms with E-state index in [0.29, 0.717) is 48.2 Å². The Labute approximate surface area is 207 Å². The highest BCUT2D eigenvalue weighted by molar-refractivity contribution is 6.43. The molecule has 0 spiro atoms. The van der Waals surface area contributed by atoms with Gasteiger partial charge in [0.25, 0.3) is 5.56 Å². The summed E-state index contributed by atoms with van der Waals surface area (Å²) in [6, 6.07) is 14.9. The first-order chi connectivity index (χ1) is 16.6. The first-order valence-electron chi connectivity index (χ1n) is 11.2. The SMILES string of the molecule is O=c1cc(COCC2CCCO2)n2c(n1)O[C@H](COc1ccc(-c3cccc(Cl)c3Cl)cc1)C2. The van der Waals surface area contributed by atoms with Crippen molar-refractivity contribution in [1.82, 2.24) is 9.55 Å². The van der Waals surface area contributed by atoms with Gasteiger partial charge in [-0.1, -0.05) is 47.5 Å². The molecule has 0 saturated carbocycles. The van der Waals surface area contributed by atoms with Crippen LogP contribution < -0.4 is 15.0 Å². The number of ether oxygens (including phenoxy) is 4. The molecule has 2 atom stereocenters. The van der Waals surface area contributed by atoms with Crippen LogP contribution in [0.15, 0.2) is 53.3 Å². The van der Waals surface area contributed by atoms with Crippen LogP contribution in [-0.2, 0) is 22.6 Å². The standard InChI is InChI=1S/C25H24Cl2N2O5/c26-22-5-1-4-21(24(22)27)16-6-8-18(9-7-16)33-15-20-12-29-17(11-23(30)28-25(29)34-20)13-31-14-19-3-2-10-32-19/h1,4-9,11,19-20H,2-3,10,12-15H2/t19?,20-/m0/s1. The van der Waals surface area contributed by atoms with Gasteiger partial charge in [0.15, 0.2) is 6.10 Å². The first-order valence-corrected chi connectivity index (χ1v) is 12.0. The van der Waals surface area contributed by atoms with Gasteiger partial charge in [0.2, 0.25) is 0 Å². The van der Waals surface area contributed by atoms with E-state index in [1.165, 1.54) is 6.07 Å². The number of halogens is 2. The lowest BCUT2D eigenvalue weighted by molar-refractivity contribution is 0.00873. The first kappa shape index (κ1) is 23.2. The molecule has 178 valence electrons. The lowest BCUT2D eigenvalue weighted by atomic mass is 10.1. The molecule has 2 aromatic carbocycles. The fourth-order valence-corrected chi connectivity index (χ4v) is 4.54. The van der Waals surface area contributed by atoms with Crippen LogP contribution in [0.4, 0.5) is 0 Å². The van der Waals surface area contributed by atoms with Crippen molar-refractivity contribution in [1.29, 1.82) is 0 Å². The number of aromatic nitrogens is 2. The maximum Gasteiger partial charge on any atom is 0.300 e. The zero-order valence-electron chi connectivity index (χ0n) is 18.4. The summed E-state index contributed by atoms with van der Waals surface area (Å²) in [7, 11) is 0. The van der Waals surface area contributed by atoms with Crippen molar-refractivity contribution in [2.45, 2.75) is 38.2 Å². The van der Waals surface area contributed by atoms with Crippen molar-refractivity contribution in [3.8, 4) is 22.9 Å². The fraction of sp³-hybridized carbons (Fsp3) is 0.360. The second-order valence-corrected chi connectivity index (χ2v) is 9.09. The van der Waals surface area contributed by atoms with Gasteiger partial charge in [-0.15, -0.1) is 0 Å². The fourth-order valence-electron chi connectivity index (χ4n) is 4.13. The molecule has 3 aromatic rings. The van der Waals surface area contributed by atoms with Crippen molar-refractivity contribution < 1.29 is 18.9 Å². The highest BCUT2D eigenvalue weighted by Gasteiger charge is 2.27. The van der Waals surface area contributed by atoms with Crippen LogP contribution in [0.25, 0.3) is 11.1 Å². The smallest absolute Gasteiger partial charge is 0.300 e. The second kappa shape index (κ2) is 10.4. The zero-order chi connectivity index (χ0) is 23.5. The quantitative estimate of drug-likeness (QED) is 0.442. The summed E-state index contributed by atoms with van der Waals surface area (Å²) >= 11 is 12.4. The van der Waals surface area contributed by atoms with Crippen LogP contribution in [0, 0.1) is 0 Å². The van der Waals surface area contributed by atoms with Gasteiger partial charge < -0.3 is 18.9 Å². The van der Waals surface area contributed by atoms with Gasteiger partial charge in [-0.25, -0.2) is 0 Å². The summed E-state index contributed by atoms with van der Waals surface area (Å²) < 4.78 is 25.0. The lowest BCUT2D eigenvalue weighted by Gasteiger charge is -2.13. The van der Waals surface area contributed by atoms with Gasteiger partial charge >= 0.3 is 6.01 Å². The van der Waals surface area contributed by atoms with E-state index in [4.69, 9.17) is 42.1 Å². The Kier molecular flexibility index (Phi) is 7.06. The van der Waals surface area contributed by atoms with Gasteiger partial charge in [0.1, 0.15) is 12.4 Å². The number of rotatable bonds is 8. The monoisotopic (exact) mass is 502 g/mol. The molecular weight excluding hydrogens is 479 g/mol. The third kappa shape index (κ3) is 5.23. The van der Waals surface area contributed by atoms with Crippen molar-refractivity contribution in [2.24, 2.45) is 0 Å². The van der Waals surface area contributed by atoms with E-state index in [1.807, 2.05) is 41.0 Å². The maximum absolute atomic E-state index is 12.0. The average molecular weight is 503 g/mol. The van der Waals surface area contributed by atoms with Crippen LogP contribution in [0.5, 0.6) is 11.8 Å². The van der Waals surface area contributed by atoms with Gasteiger partial charge in [-0.05, 0) is 36.6 Å². The molecule has 5 rings (SSSR count). The zero-order valence-corrected chi connectivity index (χ0v) is 19.9. The number of fused-ring (bicyclic) bond motifs is 1. The molecule has 2 aliphatic heterocycles. The Bertz CT molecular complexity index is 1210. The number of hydrogen-bond acceptors (Lipinski definition) is 6. The topological polar surface area (TPSA) is 71.8 Å². The molecule has 7 nitrogen and oxygen atoms in total. The molecule has 1 aromatic heterocycles. The average Bonchev–Trinajstić information content (AvgIpc) is 3.50. The van der Waals surface area contributed by atoms with Gasteiger partial charge in [-0.2, -0.15) is 4.98 Å². The normalized spacial score (nSPS) is 19.1. The molecule has 0 bridgehead atoms. The molecule has 1 saturated heterocycles. The lowest BCUT2D eigenvalue weighted by Crippen LogP contribution is -2.23. The maximum atomic E-state index is 12.0. The van der Waals surface area contributed by atoms with Gasteiger partial charge in [0.05, 0.1) is 41.6 Å². The summed E-state index contributed by atoms with van der Waals surface area (Å²) in [5, 5.41) is 1.04. The summed E-state index contributed by atoms with van der Waals surface area (Å²) in [5.74, 6) is 0.698. The van der Waals surface area contributed by atoms with E-state index in [9.17, 15) is 4.79 Å². The van der Waals surface area contributed by atoms with E-state index >= 15 is 0 Å². The largest absolute Gasteiger partial charge is 0.490 e. The van der Waals surface area contributed by atoms with Crippen molar-refractivity contribution in [2.75, 3.05) is 19.8 Å². The molecule has 1 unspecified atom stereocenters. The number of hydrogen-bond donors (Lipinski definition) is 0. The van der Waals surface area contributed by atoms with Gasteiger partial charge in [-0.3, -0.25) is 9.36 Å². The molecule has 2 aliphatic rings. The van der Waals surface area contributed by atoms with Gasteiger partial charge in [0, 0.05) is 18.2 Å². The van der Waals surface area contributed by atoms with Crippen LogP contribution in [-0.4, -0.2) is 41.6 Å². The Balaban J connectivity index is 1.18. The van der Waals surface area contributed by atoms with Crippen molar-refractivity contribution in [3.63, 3.8) is 0 Å². The van der Waals surface area contributed by atoms with E-state index in [-0.39, 0.29) is 17.8 Å². The van der Waals surface area contributed by atoms with Crippen molar-refractivity contribution in [3.05, 3.63) is 74.6 Å².